The van der Waals surface area contributed by atoms with Gasteiger partial charge in [0.2, 0.25) is 5.91 Å². The minimum absolute atomic E-state index is 0.0197. The Morgan fingerprint density at radius 1 is 0.926 bits per heavy atom. The summed E-state index contributed by atoms with van der Waals surface area (Å²) in [5.74, 6) is -1.60. The molecule has 1 unspecified atom stereocenters. The van der Waals surface area contributed by atoms with Gasteiger partial charge in [0.1, 0.15) is 6.54 Å². The molecule has 0 radical (unpaired) electrons. The molecular formula is C34H44Cl4N10O6. The first-order valence-corrected chi connectivity index (χ1v) is 18.6. The van der Waals surface area contributed by atoms with E-state index in [0.29, 0.717) is 51.9 Å². The average Bonchev–Trinajstić information content (AvgIpc) is 3.13. The standard InChI is InChI=1S/C34H44Cl4N10O6/c1-45(33(50)22-13-23(35)16-24(36)14-22)17-29(43-53-20-31(40)44-54-19-30(39)42-52)26(21-3-4-27(37)28(38)15-21)7-12-46-10-5-25(6-11-46)48-9-2-8-47(34(48)51)18-32(41)49/h3-4,13-16,25-26,52H,2,5-12,17-20H2,1H3,(H2,39,42)(H2,40,44)(H2,41,49)/b43-29+. The van der Waals surface area contributed by atoms with E-state index in [1.54, 1.807) is 19.2 Å². The Hall–Kier alpha value is -4.22. The molecule has 54 heavy (non-hydrogen) atoms. The summed E-state index contributed by atoms with van der Waals surface area (Å²) in [6.07, 6.45) is 2.83. The molecule has 0 aromatic heterocycles. The molecule has 2 saturated heterocycles. The van der Waals surface area contributed by atoms with E-state index in [9.17, 15) is 14.4 Å². The quantitative estimate of drug-likeness (QED) is 0.0782. The lowest BCUT2D eigenvalue weighted by Gasteiger charge is -2.43. The number of likely N-dealkylation sites (tertiary alicyclic amines) is 1. The molecule has 0 spiro atoms. The predicted molar refractivity (Wildman–Crippen MR) is 209 cm³/mol. The molecule has 0 bridgehead atoms. The van der Waals surface area contributed by atoms with Gasteiger partial charge < -0.3 is 51.7 Å². The molecule has 7 N–H and O–H groups in total. The first kappa shape index (κ1) is 42.5. The summed E-state index contributed by atoms with van der Waals surface area (Å²) >= 11 is 25.2. The van der Waals surface area contributed by atoms with Crippen LogP contribution in [0.2, 0.25) is 20.1 Å². The Morgan fingerprint density at radius 2 is 1.59 bits per heavy atom. The third kappa shape index (κ3) is 12.4. The monoisotopic (exact) mass is 828 g/mol. The minimum atomic E-state index is -0.532. The fraction of sp³-hybridized carbons (Fsp3) is 0.471. The van der Waals surface area contributed by atoms with Crippen LogP contribution in [0.1, 0.15) is 47.5 Å². The topological polar surface area (TPSA) is 218 Å². The number of carbonyl (C=O) groups excluding carboxylic acids is 3. The van der Waals surface area contributed by atoms with E-state index >= 15 is 0 Å². The van der Waals surface area contributed by atoms with Gasteiger partial charge in [-0.15, -0.1) is 0 Å². The van der Waals surface area contributed by atoms with Crippen molar-refractivity contribution in [1.29, 1.82) is 0 Å². The third-order valence-electron chi connectivity index (χ3n) is 8.94. The number of rotatable bonds is 17. The van der Waals surface area contributed by atoms with E-state index in [0.717, 1.165) is 37.9 Å². The van der Waals surface area contributed by atoms with Crippen LogP contribution in [0.25, 0.3) is 0 Å². The van der Waals surface area contributed by atoms with E-state index in [1.165, 1.54) is 28.0 Å². The summed E-state index contributed by atoms with van der Waals surface area (Å²) < 4.78 is 0. The highest BCUT2D eigenvalue weighted by Crippen LogP contribution is 2.31. The summed E-state index contributed by atoms with van der Waals surface area (Å²) in [4.78, 5) is 56.0. The number of amidine groups is 2. The summed E-state index contributed by atoms with van der Waals surface area (Å²) in [5.41, 5.74) is 18.2. The summed E-state index contributed by atoms with van der Waals surface area (Å²) in [7, 11) is 1.62. The lowest BCUT2D eigenvalue weighted by atomic mass is 9.89. The van der Waals surface area contributed by atoms with Crippen LogP contribution < -0.4 is 17.2 Å². The van der Waals surface area contributed by atoms with E-state index < -0.39 is 11.8 Å². The van der Waals surface area contributed by atoms with Gasteiger partial charge in [-0.2, -0.15) is 0 Å². The van der Waals surface area contributed by atoms with Gasteiger partial charge >= 0.3 is 6.03 Å². The van der Waals surface area contributed by atoms with Crippen LogP contribution in [0.5, 0.6) is 0 Å². The second kappa shape index (κ2) is 20.5. The number of halogens is 4. The second-order valence-electron chi connectivity index (χ2n) is 12.9. The zero-order chi connectivity index (χ0) is 39.4. The number of oxime groups is 3. The van der Waals surface area contributed by atoms with Crippen molar-refractivity contribution in [3.8, 4) is 0 Å². The molecule has 16 nitrogen and oxygen atoms in total. The van der Waals surface area contributed by atoms with E-state index in [1.807, 2.05) is 11.0 Å². The highest BCUT2D eigenvalue weighted by Gasteiger charge is 2.34. The fourth-order valence-corrected chi connectivity index (χ4v) is 7.17. The summed E-state index contributed by atoms with van der Waals surface area (Å²) in [6.45, 7) is 2.58. The van der Waals surface area contributed by atoms with Crippen molar-refractivity contribution < 1.29 is 29.3 Å². The maximum absolute atomic E-state index is 13.6. The van der Waals surface area contributed by atoms with Gasteiger partial charge in [-0.25, -0.2) is 4.79 Å². The number of carbonyl (C=O) groups is 3. The number of nitrogens with zero attached hydrogens (tertiary/aromatic N) is 7. The van der Waals surface area contributed by atoms with Gasteiger partial charge in [0.05, 0.1) is 22.3 Å². The van der Waals surface area contributed by atoms with Crippen molar-refractivity contribution in [1.82, 2.24) is 19.6 Å². The number of urea groups is 1. The first-order chi connectivity index (χ1) is 25.7. The van der Waals surface area contributed by atoms with Crippen LogP contribution in [0.3, 0.4) is 0 Å². The van der Waals surface area contributed by atoms with E-state index in [4.69, 9.17) is 78.5 Å². The second-order valence-corrected chi connectivity index (χ2v) is 14.6. The smallest absolute Gasteiger partial charge is 0.320 e. The van der Waals surface area contributed by atoms with Gasteiger partial charge in [0.25, 0.3) is 5.91 Å². The van der Waals surface area contributed by atoms with Crippen LogP contribution in [0.4, 0.5) is 4.79 Å². The number of piperidine rings is 1. The Kier molecular flexibility index (Phi) is 16.1. The minimum Gasteiger partial charge on any atom is -0.409 e. The van der Waals surface area contributed by atoms with Crippen molar-refractivity contribution in [2.45, 2.75) is 37.6 Å². The first-order valence-electron chi connectivity index (χ1n) is 17.1. The van der Waals surface area contributed by atoms with Crippen LogP contribution in [-0.2, 0) is 14.5 Å². The Morgan fingerprint density at radius 3 is 2.24 bits per heavy atom. The molecule has 20 heteroatoms. The summed E-state index contributed by atoms with van der Waals surface area (Å²) in [5, 5.41) is 21.0. The third-order valence-corrected chi connectivity index (χ3v) is 10.1. The van der Waals surface area contributed by atoms with Gasteiger partial charge in [-0.3, -0.25) is 9.59 Å². The normalized spacial score (nSPS) is 17.1. The molecule has 0 aliphatic carbocycles. The highest BCUT2D eigenvalue weighted by molar-refractivity contribution is 6.42. The van der Waals surface area contributed by atoms with Crippen molar-refractivity contribution in [2.24, 2.45) is 32.7 Å². The summed E-state index contributed by atoms with van der Waals surface area (Å²) in [6, 6.07) is 9.77. The number of nitrogens with two attached hydrogens (primary N) is 3. The molecule has 4 rings (SSSR count). The molecular weight excluding hydrogens is 786 g/mol. The van der Waals surface area contributed by atoms with Gasteiger partial charge in [0, 0.05) is 60.8 Å². The van der Waals surface area contributed by atoms with Crippen LogP contribution in [0, 0.1) is 0 Å². The number of hydrogen-bond acceptors (Lipinski definition) is 10. The Bertz CT molecular complexity index is 1720. The average molecular weight is 831 g/mol. The largest absolute Gasteiger partial charge is 0.409 e. The van der Waals surface area contributed by atoms with E-state index in [-0.39, 0.29) is 61.5 Å². The Balaban J connectivity index is 1.54. The number of benzene rings is 2. The highest BCUT2D eigenvalue weighted by atomic mass is 35.5. The zero-order valence-corrected chi connectivity index (χ0v) is 32.7. The van der Waals surface area contributed by atoms with Gasteiger partial charge in [0.15, 0.2) is 24.9 Å². The van der Waals surface area contributed by atoms with Crippen LogP contribution in [-0.4, -0.2) is 132 Å². The lowest BCUT2D eigenvalue weighted by molar-refractivity contribution is -0.119. The number of hydrogen-bond donors (Lipinski definition) is 4. The molecule has 1 atom stereocenters. The molecule has 2 heterocycles. The van der Waals surface area contributed by atoms with Crippen molar-refractivity contribution in [2.75, 3.05) is 66.1 Å². The Labute approximate surface area is 333 Å². The number of primary amides is 1. The van der Waals surface area contributed by atoms with Crippen LogP contribution in [0.15, 0.2) is 51.9 Å². The predicted octanol–water partition coefficient (Wildman–Crippen LogP) is 4.03. The molecule has 2 aliphatic heterocycles. The van der Waals surface area contributed by atoms with Crippen molar-refractivity contribution in [3.63, 3.8) is 0 Å². The van der Waals surface area contributed by atoms with Crippen molar-refractivity contribution in [3.05, 3.63) is 67.6 Å². The number of amides is 4. The molecule has 2 fully saturated rings. The van der Waals surface area contributed by atoms with Crippen LogP contribution >= 0.6 is 46.4 Å². The van der Waals surface area contributed by atoms with Gasteiger partial charge in [-0.1, -0.05) is 67.9 Å². The molecule has 294 valence electrons. The molecule has 0 saturated carbocycles. The fourth-order valence-electron chi connectivity index (χ4n) is 6.33. The van der Waals surface area contributed by atoms with E-state index in [2.05, 4.69) is 20.4 Å². The zero-order valence-electron chi connectivity index (χ0n) is 29.7. The SMILES string of the molecule is CN(C/C(=N\OC/C(N)=N/OC/C(N)=N/O)C(CCN1CCC(N2CCCN(CC(N)=O)C2=O)CC1)c1ccc(Cl)c(Cl)c1)C(=O)c1cc(Cl)cc(Cl)c1. The maximum atomic E-state index is 13.6. The molecule has 2 aromatic carbocycles. The van der Waals surface area contributed by atoms with Crippen molar-refractivity contribution >= 4 is 81.6 Å². The molecule has 2 aliphatic rings. The maximum Gasteiger partial charge on any atom is 0.320 e. The molecule has 2 aromatic rings. The lowest BCUT2D eigenvalue weighted by Crippen LogP contribution is -2.57. The molecule has 4 amide bonds. The van der Waals surface area contributed by atoms with Gasteiger partial charge in [-0.05, 0) is 68.1 Å².